The Kier molecular flexibility index (Phi) is 4.17. The number of hydrogen-bond donors (Lipinski definition) is 1. The SMILES string of the molecule is CNS(=O)C(F)(F)C(F)(F)C(F)(F)C(F)(F)F. The van der Waals surface area contributed by atoms with Gasteiger partial charge in [-0.3, -0.25) is 0 Å². The monoisotopic (exact) mass is 297 g/mol. The molecule has 0 bridgehead atoms. The van der Waals surface area contributed by atoms with Gasteiger partial charge in [-0.25, -0.2) is 8.93 Å². The minimum Gasteiger partial charge on any atom is -0.236 e. The number of alkyl halides is 9. The van der Waals surface area contributed by atoms with Crippen molar-refractivity contribution >= 4 is 11.0 Å². The van der Waals surface area contributed by atoms with E-state index in [4.69, 9.17) is 0 Å². The van der Waals surface area contributed by atoms with E-state index in [2.05, 4.69) is 0 Å². The van der Waals surface area contributed by atoms with Crippen molar-refractivity contribution in [3.8, 4) is 0 Å². The van der Waals surface area contributed by atoms with Crippen molar-refractivity contribution in [2.45, 2.75) is 23.3 Å². The van der Waals surface area contributed by atoms with Crippen LogP contribution in [-0.2, 0) is 11.0 Å². The van der Waals surface area contributed by atoms with Crippen molar-refractivity contribution in [3.05, 3.63) is 0 Å². The quantitative estimate of drug-likeness (QED) is 0.793. The molecule has 0 radical (unpaired) electrons. The second-order valence-electron chi connectivity index (χ2n) is 2.64. The zero-order chi connectivity index (χ0) is 14.3. The predicted octanol–water partition coefficient (Wildman–Crippen LogP) is 2.30. The molecule has 0 aromatic heterocycles. The molecular weight excluding hydrogens is 293 g/mol. The molecule has 104 valence electrons. The van der Waals surface area contributed by atoms with Crippen molar-refractivity contribution in [3.63, 3.8) is 0 Å². The van der Waals surface area contributed by atoms with Gasteiger partial charge in [-0.2, -0.15) is 39.5 Å². The molecule has 0 fully saturated rings. The van der Waals surface area contributed by atoms with E-state index in [1.54, 1.807) is 0 Å². The molecule has 2 nitrogen and oxygen atoms in total. The van der Waals surface area contributed by atoms with Crippen LogP contribution in [-0.4, -0.2) is 34.5 Å². The third-order valence-corrected chi connectivity index (χ3v) is 2.63. The molecule has 1 unspecified atom stereocenters. The number of rotatable bonds is 4. The predicted molar refractivity (Wildman–Crippen MR) is 38.1 cm³/mol. The van der Waals surface area contributed by atoms with Crippen molar-refractivity contribution in [2.75, 3.05) is 7.05 Å². The summed E-state index contributed by atoms with van der Waals surface area (Å²) in [4.78, 5) is 0. The molecule has 0 spiro atoms. The van der Waals surface area contributed by atoms with E-state index < -0.39 is 34.3 Å². The van der Waals surface area contributed by atoms with Crippen LogP contribution < -0.4 is 4.72 Å². The summed E-state index contributed by atoms with van der Waals surface area (Å²) < 4.78 is 120. The second-order valence-corrected chi connectivity index (χ2v) is 4.09. The molecule has 0 aromatic rings. The number of hydrogen-bond acceptors (Lipinski definition) is 1. The zero-order valence-electron chi connectivity index (χ0n) is 7.72. The first kappa shape index (κ1) is 16.5. The van der Waals surface area contributed by atoms with Gasteiger partial charge in [-0.1, -0.05) is 0 Å². The third kappa shape index (κ3) is 2.37. The van der Waals surface area contributed by atoms with Gasteiger partial charge in [0.25, 0.3) is 0 Å². The fourth-order valence-electron chi connectivity index (χ4n) is 0.605. The van der Waals surface area contributed by atoms with Gasteiger partial charge < -0.3 is 0 Å². The molecule has 0 aromatic carbocycles. The van der Waals surface area contributed by atoms with Crippen LogP contribution in [0.5, 0.6) is 0 Å². The van der Waals surface area contributed by atoms with Gasteiger partial charge in [0.05, 0.1) is 0 Å². The highest BCUT2D eigenvalue weighted by Crippen LogP contribution is 2.53. The van der Waals surface area contributed by atoms with Crippen LogP contribution in [0.25, 0.3) is 0 Å². The van der Waals surface area contributed by atoms with Crippen LogP contribution >= 0.6 is 0 Å². The lowest BCUT2D eigenvalue weighted by molar-refractivity contribution is -0.381. The topological polar surface area (TPSA) is 29.1 Å². The largest absolute Gasteiger partial charge is 0.460 e. The summed E-state index contributed by atoms with van der Waals surface area (Å²) in [6.45, 7) is 0. The Balaban J connectivity index is 5.63. The molecule has 0 amide bonds. The lowest BCUT2D eigenvalue weighted by Gasteiger charge is -2.32. The minimum absolute atomic E-state index is 0.422. The van der Waals surface area contributed by atoms with Crippen LogP contribution in [0.15, 0.2) is 0 Å². The maximum Gasteiger partial charge on any atom is 0.460 e. The normalized spacial score (nSPS) is 17.1. The van der Waals surface area contributed by atoms with Gasteiger partial charge in [0.1, 0.15) is 0 Å². The summed E-state index contributed by atoms with van der Waals surface area (Å²) in [5, 5.41) is -6.10. The molecule has 17 heavy (non-hydrogen) atoms. The lowest BCUT2D eigenvalue weighted by atomic mass is 10.1. The standard InChI is InChI=1S/C5H4F9NOS/c1-15-17(16)5(13,14)3(8,9)2(6,7)4(10,11)12/h15H,1H3. The summed E-state index contributed by atoms with van der Waals surface area (Å²) in [6, 6.07) is 0. The van der Waals surface area contributed by atoms with Gasteiger partial charge in [0.15, 0.2) is 11.0 Å². The zero-order valence-corrected chi connectivity index (χ0v) is 8.53. The highest BCUT2D eigenvalue weighted by atomic mass is 32.2. The van der Waals surface area contributed by atoms with E-state index in [-0.39, 0.29) is 0 Å². The van der Waals surface area contributed by atoms with E-state index in [9.17, 15) is 43.7 Å². The molecule has 0 rings (SSSR count). The Labute approximate surface area is 90.7 Å². The Morgan fingerprint density at radius 2 is 1.18 bits per heavy atom. The van der Waals surface area contributed by atoms with Crippen molar-refractivity contribution in [2.24, 2.45) is 0 Å². The van der Waals surface area contributed by atoms with Crippen LogP contribution in [0.4, 0.5) is 39.5 Å². The second kappa shape index (κ2) is 4.30. The molecule has 1 atom stereocenters. The molecule has 0 saturated carbocycles. The van der Waals surface area contributed by atoms with Crippen LogP contribution in [0.3, 0.4) is 0 Å². The van der Waals surface area contributed by atoms with Crippen LogP contribution in [0, 0.1) is 0 Å². The molecule has 0 saturated heterocycles. The molecule has 12 heteroatoms. The molecule has 0 aliphatic heterocycles. The smallest absolute Gasteiger partial charge is 0.236 e. The maximum atomic E-state index is 12.5. The van der Waals surface area contributed by atoms with Crippen molar-refractivity contribution in [1.29, 1.82) is 0 Å². The fourth-order valence-corrected chi connectivity index (χ4v) is 1.22. The molecule has 0 heterocycles. The van der Waals surface area contributed by atoms with Gasteiger partial charge in [-0.05, 0) is 7.05 Å². The Morgan fingerprint density at radius 3 is 1.41 bits per heavy atom. The molecule has 0 aliphatic carbocycles. The molecule has 1 N–H and O–H groups in total. The lowest BCUT2D eigenvalue weighted by Crippen LogP contribution is -2.63. The van der Waals surface area contributed by atoms with E-state index in [0.29, 0.717) is 7.05 Å². The minimum atomic E-state index is -7.02. The number of nitrogens with one attached hydrogen (secondary N) is 1. The van der Waals surface area contributed by atoms with Gasteiger partial charge in [-0.15, -0.1) is 0 Å². The summed E-state index contributed by atoms with van der Waals surface area (Å²) in [5.41, 5.74) is 0. The van der Waals surface area contributed by atoms with E-state index >= 15 is 0 Å². The van der Waals surface area contributed by atoms with E-state index in [0.717, 1.165) is 4.72 Å². The van der Waals surface area contributed by atoms with Crippen molar-refractivity contribution < 1.29 is 43.7 Å². The Bertz CT molecular complexity index is 311. The third-order valence-electron chi connectivity index (χ3n) is 1.53. The first-order chi connectivity index (χ1) is 7.23. The van der Waals surface area contributed by atoms with E-state index in [1.165, 1.54) is 0 Å². The van der Waals surface area contributed by atoms with Crippen molar-refractivity contribution in [1.82, 2.24) is 4.72 Å². The maximum absolute atomic E-state index is 12.5. The van der Waals surface area contributed by atoms with Gasteiger partial charge in [0, 0.05) is 0 Å². The first-order valence-electron chi connectivity index (χ1n) is 3.53. The number of halogens is 9. The van der Waals surface area contributed by atoms with Gasteiger partial charge in [0.2, 0.25) is 0 Å². The van der Waals surface area contributed by atoms with Gasteiger partial charge >= 0.3 is 23.3 Å². The highest BCUT2D eigenvalue weighted by molar-refractivity contribution is 7.84. The Morgan fingerprint density at radius 1 is 0.824 bits per heavy atom. The van der Waals surface area contributed by atoms with E-state index in [1.807, 2.05) is 0 Å². The van der Waals surface area contributed by atoms with Crippen LogP contribution in [0.2, 0.25) is 0 Å². The average Bonchev–Trinajstić information content (AvgIpc) is 2.13. The molecule has 0 aliphatic rings. The van der Waals surface area contributed by atoms with Crippen LogP contribution in [0.1, 0.15) is 0 Å². The first-order valence-corrected chi connectivity index (χ1v) is 4.68. The molecular formula is C5H4F9NOS. The highest BCUT2D eigenvalue weighted by Gasteiger charge is 2.83. The summed E-state index contributed by atoms with van der Waals surface area (Å²) in [6.07, 6.45) is -6.90. The summed E-state index contributed by atoms with van der Waals surface area (Å²) in [5.74, 6) is -13.9. The average molecular weight is 297 g/mol. The summed E-state index contributed by atoms with van der Waals surface area (Å²) in [7, 11) is -3.68. The fraction of sp³-hybridized carbons (Fsp3) is 1.00. The summed E-state index contributed by atoms with van der Waals surface area (Å²) >= 11 is 0. The Hall–Kier alpha value is -0.520.